The van der Waals surface area contributed by atoms with E-state index < -0.39 is 18.0 Å². The van der Waals surface area contributed by atoms with Crippen molar-refractivity contribution in [2.24, 2.45) is 57.2 Å². The van der Waals surface area contributed by atoms with Crippen molar-refractivity contribution < 1.29 is 24.2 Å². The Bertz CT molecular complexity index is 835. The number of aliphatic hydroxyl groups excluding tert-OH is 1. The third-order valence-corrected chi connectivity index (χ3v) is 8.99. The second-order valence-electron chi connectivity index (χ2n) is 19.9. The SMILES string of the molecule is CC(CCC(COC(=O)CC(O)C(=O)OCC(CCC(C)CC(C)(C)C)C(C)CC(C)(C)C)C(C)CC(C)(C)C)CC(C)(C)C. The lowest BCUT2D eigenvalue weighted by Crippen LogP contribution is -2.31. The van der Waals surface area contributed by atoms with Gasteiger partial charge in [-0.2, -0.15) is 0 Å². The average molecular weight is 639 g/mol. The first kappa shape index (κ1) is 43.9. The lowest BCUT2D eigenvalue weighted by molar-refractivity contribution is -0.162. The van der Waals surface area contributed by atoms with E-state index in [0.717, 1.165) is 51.4 Å². The predicted octanol–water partition coefficient (Wildman–Crippen LogP) is 10.9. The highest BCUT2D eigenvalue weighted by Crippen LogP contribution is 2.35. The molecule has 0 fully saturated rings. The van der Waals surface area contributed by atoms with Gasteiger partial charge in [0, 0.05) is 0 Å². The van der Waals surface area contributed by atoms with Crippen molar-refractivity contribution in [3.05, 3.63) is 0 Å². The van der Waals surface area contributed by atoms with Crippen LogP contribution in [0.5, 0.6) is 0 Å². The summed E-state index contributed by atoms with van der Waals surface area (Å²) in [5.41, 5.74) is 0.936. The van der Waals surface area contributed by atoms with Gasteiger partial charge in [0.15, 0.2) is 6.10 Å². The first-order valence-corrected chi connectivity index (χ1v) is 18.2. The molecule has 0 aromatic heterocycles. The van der Waals surface area contributed by atoms with Crippen molar-refractivity contribution in [3.8, 4) is 0 Å². The number of ether oxygens (including phenoxy) is 2. The monoisotopic (exact) mass is 639 g/mol. The molecule has 0 rings (SSSR count). The van der Waals surface area contributed by atoms with Crippen LogP contribution in [0.4, 0.5) is 0 Å². The molecule has 0 saturated carbocycles. The maximum Gasteiger partial charge on any atom is 0.335 e. The van der Waals surface area contributed by atoms with Crippen LogP contribution in [-0.2, 0) is 19.1 Å². The fourth-order valence-electron chi connectivity index (χ4n) is 7.41. The minimum Gasteiger partial charge on any atom is -0.465 e. The van der Waals surface area contributed by atoms with E-state index in [1.165, 1.54) is 0 Å². The Balaban J connectivity index is 5.19. The molecule has 0 aromatic carbocycles. The fraction of sp³-hybridized carbons (Fsp3) is 0.950. The van der Waals surface area contributed by atoms with E-state index in [9.17, 15) is 14.7 Å². The van der Waals surface area contributed by atoms with Crippen molar-refractivity contribution in [1.29, 1.82) is 0 Å². The van der Waals surface area contributed by atoms with Gasteiger partial charge in [-0.1, -0.05) is 124 Å². The Morgan fingerprint density at radius 1 is 0.533 bits per heavy atom. The van der Waals surface area contributed by atoms with Crippen molar-refractivity contribution in [1.82, 2.24) is 0 Å². The van der Waals surface area contributed by atoms with E-state index in [-0.39, 0.29) is 41.1 Å². The molecule has 5 nitrogen and oxygen atoms in total. The molecule has 7 unspecified atom stereocenters. The molecule has 268 valence electrons. The van der Waals surface area contributed by atoms with Crippen molar-refractivity contribution in [2.45, 2.75) is 175 Å². The molecule has 7 atom stereocenters. The topological polar surface area (TPSA) is 72.8 Å². The third-order valence-electron chi connectivity index (χ3n) is 8.99. The predicted molar refractivity (Wildman–Crippen MR) is 191 cm³/mol. The maximum absolute atomic E-state index is 12.8. The minimum atomic E-state index is -1.51. The summed E-state index contributed by atoms with van der Waals surface area (Å²) in [6.07, 6.45) is 6.64. The Morgan fingerprint density at radius 3 is 1.20 bits per heavy atom. The van der Waals surface area contributed by atoms with Crippen molar-refractivity contribution in [3.63, 3.8) is 0 Å². The van der Waals surface area contributed by atoms with Crippen LogP contribution in [0.1, 0.15) is 169 Å². The van der Waals surface area contributed by atoms with Gasteiger partial charge in [0.05, 0.1) is 19.6 Å². The summed E-state index contributed by atoms with van der Waals surface area (Å²) in [6, 6.07) is 0. The van der Waals surface area contributed by atoms with Crippen LogP contribution in [0.25, 0.3) is 0 Å². The van der Waals surface area contributed by atoms with Crippen LogP contribution < -0.4 is 0 Å². The van der Waals surface area contributed by atoms with Crippen LogP contribution in [-0.4, -0.2) is 36.4 Å². The Hall–Kier alpha value is -1.10. The molecule has 0 spiro atoms. The fourth-order valence-corrected chi connectivity index (χ4v) is 7.41. The summed E-state index contributed by atoms with van der Waals surface area (Å²) in [5.74, 6) is 1.14. The number of carbonyl (C=O) groups is 2. The molecule has 0 aromatic rings. The van der Waals surface area contributed by atoms with Crippen LogP contribution in [0.2, 0.25) is 0 Å². The molecule has 0 bridgehead atoms. The first-order chi connectivity index (χ1) is 20.2. The van der Waals surface area contributed by atoms with Crippen LogP contribution in [0.3, 0.4) is 0 Å². The third kappa shape index (κ3) is 23.8. The van der Waals surface area contributed by atoms with E-state index in [1.807, 2.05) is 0 Å². The minimum absolute atomic E-state index is 0.175. The molecule has 0 heterocycles. The normalized spacial score (nSPS) is 18.0. The van der Waals surface area contributed by atoms with Gasteiger partial charge in [-0.25, -0.2) is 4.79 Å². The highest BCUT2D eigenvalue weighted by atomic mass is 16.6. The Labute approximate surface area is 280 Å². The van der Waals surface area contributed by atoms with Gasteiger partial charge in [-0.05, 0) is 95.7 Å². The standard InChI is InChI=1S/C40H78O5/c1-28(22-37(5,6)7)17-19-32(30(3)24-39(11,12)13)26-44-35(42)21-34(41)36(43)45-27-33(31(4)25-40(14,15)16)20-18-29(2)23-38(8,9)10/h28-34,41H,17-27H2,1-16H3. The maximum atomic E-state index is 12.8. The highest BCUT2D eigenvalue weighted by molar-refractivity contribution is 5.81. The average Bonchev–Trinajstić information content (AvgIpc) is 2.79. The molecule has 45 heavy (non-hydrogen) atoms. The molecule has 0 radical (unpaired) electrons. The quantitative estimate of drug-likeness (QED) is 0.143. The Morgan fingerprint density at radius 2 is 0.867 bits per heavy atom. The van der Waals surface area contributed by atoms with Crippen LogP contribution in [0.15, 0.2) is 0 Å². The molecule has 5 heteroatoms. The molecule has 0 aliphatic heterocycles. The van der Waals surface area contributed by atoms with Gasteiger partial charge in [-0.15, -0.1) is 0 Å². The summed E-state index contributed by atoms with van der Waals surface area (Å²) >= 11 is 0. The lowest BCUT2D eigenvalue weighted by Gasteiger charge is -2.31. The van der Waals surface area contributed by atoms with Gasteiger partial charge in [0.1, 0.15) is 0 Å². The summed E-state index contributed by atoms with van der Waals surface area (Å²) in [7, 11) is 0. The van der Waals surface area contributed by atoms with E-state index in [0.29, 0.717) is 35.7 Å². The van der Waals surface area contributed by atoms with Gasteiger partial charge in [0.25, 0.3) is 0 Å². The molecule has 1 N–H and O–H groups in total. The second-order valence-corrected chi connectivity index (χ2v) is 19.9. The zero-order chi connectivity index (χ0) is 35.4. The molecule has 0 aliphatic rings. The summed E-state index contributed by atoms with van der Waals surface area (Å²) in [5, 5.41) is 10.6. The van der Waals surface area contributed by atoms with E-state index >= 15 is 0 Å². The summed E-state index contributed by atoms with van der Waals surface area (Å²) in [4.78, 5) is 25.6. The number of rotatable bonds is 19. The highest BCUT2D eigenvalue weighted by Gasteiger charge is 2.29. The zero-order valence-electron chi connectivity index (χ0n) is 32.9. The zero-order valence-corrected chi connectivity index (χ0v) is 32.9. The summed E-state index contributed by atoms with van der Waals surface area (Å²) in [6.45, 7) is 36.8. The number of esters is 2. The molecule has 0 saturated heterocycles. The molecular formula is C40H78O5. The molecule has 0 aliphatic carbocycles. The first-order valence-electron chi connectivity index (χ1n) is 18.2. The van der Waals surface area contributed by atoms with Gasteiger partial charge in [0.2, 0.25) is 0 Å². The van der Waals surface area contributed by atoms with E-state index in [2.05, 4.69) is 111 Å². The molecule has 0 amide bonds. The van der Waals surface area contributed by atoms with Crippen LogP contribution in [0, 0.1) is 57.2 Å². The van der Waals surface area contributed by atoms with Gasteiger partial charge in [-0.3, -0.25) is 4.79 Å². The van der Waals surface area contributed by atoms with Gasteiger partial charge < -0.3 is 14.6 Å². The number of aliphatic hydroxyl groups is 1. The smallest absolute Gasteiger partial charge is 0.335 e. The largest absolute Gasteiger partial charge is 0.465 e. The number of carbonyl (C=O) groups excluding carboxylic acids is 2. The van der Waals surface area contributed by atoms with Crippen molar-refractivity contribution in [2.75, 3.05) is 13.2 Å². The number of hydrogen-bond acceptors (Lipinski definition) is 5. The molecular weight excluding hydrogens is 560 g/mol. The van der Waals surface area contributed by atoms with Crippen molar-refractivity contribution >= 4 is 11.9 Å². The lowest BCUT2D eigenvalue weighted by atomic mass is 9.76. The second kappa shape index (κ2) is 19.0. The van der Waals surface area contributed by atoms with E-state index in [1.54, 1.807) is 0 Å². The van der Waals surface area contributed by atoms with Crippen LogP contribution >= 0.6 is 0 Å². The summed E-state index contributed by atoms with van der Waals surface area (Å²) < 4.78 is 11.4. The number of hydrogen-bond donors (Lipinski definition) is 1. The van der Waals surface area contributed by atoms with E-state index in [4.69, 9.17) is 9.47 Å². The van der Waals surface area contributed by atoms with Gasteiger partial charge >= 0.3 is 11.9 Å². The Kier molecular flexibility index (Phi) is 18.6.